The van der Waals surface area contributed by atoms with Crippen LogP contribution in [0.4, 0.5) is 0 Å². The first kappa shape index (κ1) is 15.1. The van der Waals surface area contributed by atoms with Gasteiger partial charge in [-0.15, -0.1) is 0 Å². The Morgan fingerprint density at radius 2 is 1.91 bits per heavy atom. The third-order valence-corrected chi connectivity index (χ3v) is 3.95. The smallest absolute Gasteiger partial charge is 0.320 e. The van der Waals surface area contributed by atoms with Crippen molar-refractivity contribution in [2.75, 3.05) is 7.11 Å². The van der Waals surface area contributed by atoms with Crippen molar-refractivity contribution in [1.29, 1.82) is 0 Å². The second-order valence-electron chi connectivity index (χ2n) is 5.45. The van der Waals surface area contributed by atoms with Gasteiger partial charge in [0.2, 0.25) is 0 Å². The van der Waals surface area contributed by atoms with Gasteiger partial charge in [0.1, 0.15) is 11.8 Å². The molecule has 0 spiro atoms. The van der Waals surface area contributed by atoms with Gasteiger partial charge in [0.15, 0.2) is 0 Å². The van der Waals surface area contributed by atoms with Gasteiger partial charge in [-0.25, -0.2) is 0 Å². The fourth-order valence-electron chi connectivity index (χ4n) is 2.64. The van der Waals surface area contributed by atoms with Gasteiger partial charge in [0.25, 0.3) is 0 Å². The molecule has 0 aliphatic heterocycles. The second-order valence-corrected chi connectivity index (χ2v) is 5.45. The molecule has 0 aliphatic carbocycles. The molecule has 0 saturated carbocycles. The lowest BCUT2D eigenvalue weighted by molar-refractivity contribution is -0.138. The quantitative estimate of drug-likeness (QED) is 0.676. The zero-order valence-electron chi connectivity index (χ0n) is 12.7. The zero-order valence-corrected chi connectivity index (χ0v) is 12.7. The largest absolute Gasteiger partial charge is 0.497 e. The fraction of sp³-hybridized carbons (Fsp3) is 0.167. The number of carboxylic acid groups (broad SMARTS) is 1. The van der Waals surface area contributed by atoms with Crippen LogP contribution >= 0.6 is 0 Å². The highest BCUT2D eigenvalue weighted by molar-refractivity contribution is 5.88. The standard InChI is InChI=1S/C18H18N2O3/c1-23-14-5-2-11(3-6-14)12-4-7-15-13(8-16(19)18(21)22)10-20-17(15)9-12/h2-7,9-10,16,20H,8,19H2,1H3,(H,21,22)/t16-/m0/s1. The number of ether oxygens (including phenoxy) is 1. The van der Waals surface area contributed by atoms with Crippen molar-refractivity contribution in [3.05, 3.63) is 54.2 Å². The molecule has 1 heterocycles. The van der Waals surface area contributed by atoms with Gasteiger partial charge in [-0.3, -0.25) is 4.79 Å². The van der Waals surface area contributed by atoms with E-state index in [0.29, 0.717) is 6.42 Å². The summed E-state index contributed by atoms with van der Waals surface area (Å²) in [4.78, 5) is 14.1. The number of carbonyl (C=O) groups is 1. The SMILES string of the molecule is COc1ccc(-c2ccc3c(C[C@H](N)C(=O)O)c[nH]c3c2)cc1. The Kier molecular flexibility index (Phi) is 4.04. The Balaban J connectivity index is 1.92. The Morgan fingerprint density at radius 3 is 2.57 bits per heavy atom. The van der Waals surface area contributed by atoms with Gasteiger partial charge in [-0.1, -0.05) is 24.3 Å². The molecule has 2 aromatic carbocycles. The van der Waals surface area contributed by atoms with Crippen molar-refractivity contribution in [3.8, 4) is 16.9 Å². The van der Waals surface area contributed by atoms with Crippen molar-refractivity contribution in [1.82, 2.24) is 4.98 Å². The summed E-state index contributed by atoms with van der Waals surface area (Å²) >= 11 is 0. The highest BCUT2D eigenvalue weighted by Gasteiger charge is 2.15. The first-order chi connectivity index (χ1) is 11.1. The monoisotopic (exact) mass is 310 g/mol. The predicted octanol–water partition coefficient (Wildman–Crippen LogP) is 2.80. The molecular formula is C18H18N2O3. The molecule has 0 saturated heterocycles. The number of hydrogen-bond acceptors (Lipinski definition) is 3. The molecule has 3 rings (SSSR count). The first-order valence-electron chi connectivity index (χ1n) is 7.31. The number of hydrogen-bond donors (Lipinski definition) is 3. The average Bonchev–Trinajstić information content (AvgIpc) is 2.97. The number of nitrogens with two attached hydrogens (primary N) is 1. The lowest BCUT2D eigenvalue weighted by Crippen LogP contribution is -2.32. The molecule has 5 heteroatoms. The van der Waals surface area contributed by atoms with Crippen LogP contribution in [0.15, 0.2) is 48.7 Å². The Labute approximate surface area is 133 Å². The van der Waals surface area contributed by atoms with E-state index in [0.717, 1.165) is 33.3 Å². The van der Waals surface area contributed by atoms with Crippen molar-refractivity contribution < 1.29 is 14.6 Å². The molecule has 3 aromatic rings. The molecular weight excluding hydrogens is 292 g/mol. The molecule has 0 amide bonds. The van der Waals surface area contributed by atoms with E-state index in [-0.39, 0.29) is 0 Å². The molecule has 0 radical (unpaired) electrons. The number of aromatic nitrogens is 1. The minimum Gasteiger partial charge on any atom is -0.497 e. The molecule has 4 N–H and O–H groups in total. The predicted molar refractivity (Wildman–Crippen MR) is 89.6 cm³/mol. The average molecular weight is 310 g/mol. The summed E-state index contributed by atoms with van der Waals surface area (Å²) < 4.78 is 5.17. The number of benzene rings is 2. The van der Waals surface area contributed by atoms with E-state index in [1.807, 2.05) is 48.7 Å². The molecule has 23 heavy (non-hydrogen) atoms. The van der Waals surface area contributed by atoms with Gasteiger partial charge >= 0.3 is 5.97 Å². The number of H-pyrrole nitrogens is 1. The van der Waals surface area contributed by atoms with E-state index < -0.39 is 12.0 Å². The van der Waals surface area contributed by atoms with Gasteiger partial charge in [-0.05, 0) is 34.9 Å². The van der Waals surface area contributed by atoms with Crippen LogP contribution in [0.1, 0.15) is 5.56 Å². The van der Waals surface area contributed by atoms with Crippen LogP contribution in [0, 0.1) is 0 Å². The lowest BCUT2D eigenvalue weighted by atomic mass is 10.0. The topological polar surface area (TPSA) is 88.3 Å². The Hall–Kier alpha value is -2.79. The molecule has 0 bridgehead atoms. The highest BCUT2D eigenvalue weighted by Crippen LogP contribution is 2.27. The van der Waals surface area contributed by atoms with Crippen molar-refractivity contribution in [2.45, 2.75) is 12.5 Å². The second kappa shape index (κ2) is 6.14. The summed E-state index contributed by atoms with van der Waals surface area (Å²) in [5.41, 5.74) is 9.67. The fourth-order valence-corrected chi connectivity index (χ4v) is 2.64. The first-order valence-corrected chi connectivity index (χ1v) is 7.31. The number of methoxy groups -OCH3 is 1. The van der Waals surface area contributed by atoms with E-state index >= 15 is 0 Å². The molecule has 5 nitrogen and oxygen atoms in total. The molecule has 0 fully saturated rings. The van der Waals surface area contributed by atoms with Crippen LogP contribution in [-0.2, 0) is 11.2 Å². The summed E-state index contributed by atoms with van der Waals surface area (Å²) in [6, 6.07) is 13.0. The van der Waals surface area contributed by atoms with E-state index in [2.05, 4.69) is 4.98 Å². The minimum atomic E-state index is -0.991. The normalized spacial score (nSPS) is 12.3. The third-order valence-electron chi connectivity index (χ3n) is 3.95. The summed E-state index contributed by atoms with van der Waals surface area (Å²) in [7, 11) is 1.64. The summed E-state index contributed by atoms with van der Waals surface area (Å²) in [5, 5.41) is 9.94. The van der Waals surface area contributed by atoms with Crippen LogP contribution in [0.2, 0.25) is 0 Å². The van der Waals surface area contributed by atoms with Gasteiger partial charge in [-0.2, -0.15) is 0 Å². The lowest BCUT2D eigenvalue weighted by Gasteiger charge is -2.06. The minimum absolute atomic E-state index is 0.303. The number of carboxylic acids is 1. The van der Waals surface area contributed by atoms with Crippen LogP contribution in [0.3, 0.4) is 0 Å². The van der Waals surface area contributed by atoms with Crippen LogP contribution < -0.4 is 10.5 Å². The number of nitrogens with one attached hydrogen (secondary N) is 1. The highest BCUT2D eigenvalue weighted by atomic mass is 16.5. The number of aliphatic carboxylic acids is 1. The summed E-state index contributed by atoms with van der Waals surface area (Å²) in [6.45, 7) is 0. The van der Waals surface area contributed by atoms with Crippen LogP contribution in [0.25, 0.3) is 22.0 Å². The number of rotatable bonds is 5. The van der Waals surface area contributed by atoms with Crippen molar-refractivity contribution >= 4 is 16.9 Å². The molecule has 0 aliphatic rings. The zero-order chi connectivity index (χ0) is 16.4. The molecule has 1 aromatic heterocycles. The van der Waals surface area contributed by atoms with E-state index in [9.17, 15) is 4.79 Å². The van der Waals surface area contributed by atoms with E-state index in [1.54, 1.807) is 7.11 Å². The Morgan fingerprint density at radius 1 is 1.22 bits per heavy atom. The molecule has 118 valence electrons. The van der Waals surface area contributed by atoms with E-state index in [4.69, 9.17) is 15.6 Å². The van der Waals surface area contributed by atoms with Crippen LogP contribution in [-0.4, -0.2) is 29.2 Å². The summed E-state index contributed by atoms with van der Waals surface area (Å²) in [5.74, 6) is -0.172. The third kappa shape index (κ3) is 3.05. The maximum absolute atomic E-state index is 10.9. The van der Waals surface area contributed by atoms with Gasteiger partial charge in [0.05, 0.1) is 7.11 Å². The number of fused-ring (bicyclic) bond motifs is 1. The molecule has 1 atom stereocenters. The van der Waals surface area contributed by atoms with E-state index in [1.165, 1.54) is 0 Å². The van der Waals surface area contributed by atoms with Crippen molar-refractivity contribution in [3.63, 3.8) is 0 Å². The molecule has 0 unspecified atom stereocenters. The maximum atomic E-state index is 10.9. The Bertz CT molecular complexity index is 837. The summed E-state index contributed by atoms with van der Waals surface area (Å²) in [6.07, 6.45) is 2.13. The van der Waals surface area contributed by atoms with Gasteiger partial charge < -0.3 is 20.6 Å². The van der Waals surface area contributed by atoms with Crippen LogP contribution in [0.5, 0.6) is 5.75 Å². The number of aromatic amines is 1. The van der Waals surface area contributed by atoms with Gasteiger partial charge in [0, 0.05) is 23.5 Å². The maximum Gasteiger partial charge on any atom is 0.320 e. The van der Waals surface area contributed by atoms with Crippen molar-refractivity contribution in [2.24, 2.45) is 5.73 Å².